The Kier molecular flexibility index (Phi) is 7.13. The maximum absolute atomic E-state index is 13.5. The van der Waals surface area contributed by atoms with Gasteiger partial charge in [0.2, 0.25) is 0 Å². The van der Waals surface area contributed by atoms with E-state index in [4.69, 9.17) is 19.2 Å². The van der Waals surface area contributed by atoms with Gasteiger partial charge in [0.05, 0.1) is 23.7 Å². The Morgan fingerprint density at radius 1 is 1.00 bits per heavy atom. The van der Waals surface area contributed by atoms with Gasteiger partial charge in [0.1, 0.15) is 23.8 Å². The molecule has 1 aliphatic carbocycles. The molecule has 1 heterocycles. The van der Waals surface area contributed by atoms with Crippen LogP contribution in [0.1, 0.15) is 5.82 Å². The molecule has 7 heteroatoms. The zero-order valence-electron chi connectivity index (χ0n) is 19.0. The zero-order valence-corrected chi connectivity index (χ0v) is 19.8. The van der Waals surface area contributed by atoms with Crippen molar-refractivity contribution in [3.63, 3.8) is 0 Å². The Bertz CT molecular complexity index is 1290. The molecule has 6 nitrogen and oxygen atoms in total. The molecule has 33 heavy (non-hydrogen) atoms. The first-order valence-corrected chi connectivity index (χ1v) is 11.7. The molecule has 2 aromatic carbocycles. The fourth-order valence-corrected chi connectivity index (χ4v) is 4.33. The van der Waals surface area contributed by atoms with Crippen molar-refractivity contribution in [3.8, 4) is 5.69 Å². The number of hydrogen-bond acceptors (Lipinski definition) is 6. The predicted molar refractivity (Wildman–Crippen MR) is 133 cm³/mol. The van der Waals surface area contributed by atoms with E-state index < -0.39 is 0 Å². The highest BCUT2D eigenvalue weighted by Gasteiger charge is 2.29. The molecule has 0 spiro atoms. The van der Waals surface area contributed by atoms with Crippen LogP contribution in [0.25, 0.3) is 22.7 Å². The Morgan fingerprint density at radius 3 is 2.42 bits per heavy atom. The number of thioether (sulfide) groups is 1. The second-order valence-electron chi connectivity index (χ2n) is 7.40. The number of benzene rings is 2. The number of fused-ring (bicyclic) bond motifs is 1. The van der Waals surface area contributed by atoms with Crippen molar-refractivity contribution in [2.75, 3.05) is 27.6 Å². The number of hydrogen-bond donors (Lipinski definition) is 0. The largest absolute Gasteiger partial charge is 0.498 e. The molecule has 0 saturated carbocycles. The van der Waals surface area contributed by atoms with Crippen molar-refractivity contribution in [1.82, 2.24) is 9.55 Å². The highest BCUT2D eigenvalue weighted by Crippen LogP contribution is 2.26. The Hall–Kier alpha value is -3.13. The van der Waals surface area contributed by atoms with Crippen molar-refractivity contribution in [3.05, 3.63) is 94.3 Å². The van der Waals surface area contributed by atoms with E-state index in [1.807, 2.05) is 73.0 Å². The molecule has 0 N–H and O–H groups in total. The minimum Gasteiger partial charge on any atom is -0.498 e. The summed E-state index contributed by atoms with van der Waals surface area (Å²) in [4.78, 5) is 19.4. The summed E-state index contributed by atoms with van der Waals surface area (Å²) in [5.41, 5.74) is 2.11. The lowest BCUT2D eigenvalue weighted by Gasteiger charge is -2.28. The summed E-state index contributed by atoms with van der Waals surface area (Å²) >= 11 is 1.65. The lowest BCUT2D eigenvalue weighted by atomic mass is 9.99. The molecule has 0 aliphatic heterocycles. The van der Waals surface area contributed by atoms with E-state index >= 15 is 0 Å². The molecule has 1 aliphatic rings. The van der Waals surface area contributed by atoms with E-state index in [0.29, 0.717) is 22.5 Å². The Balaban J connectivity index is 1.86. The third kappa shape index (κ3) is 4.53. The standard InChI is InChI=1S/C26H26N2O4S/c1-30-22-15-9-17(24(31-2)25(22)32-3)10-16-23-27-21-8-6-5-7-20(21)26(29)28(23)18-11-13-19(33-4)14-12-18/h5-16,22,25H,1-4H3/b16-10+. The molecule has 170 valence electrons. The number of nitrogens with zero attached hydrogens (tertiary/aromatic N) is 2. The lowest BCUT2D eigenvalue weighted by molar-refractivity contribution is -0.0191. The van der Waals surface area contributed by atoms with Gasteiger partial charge in [0.15, 0.2) is 0 Å². The first-order valence-electron chi connectivity index (χ1n) is 10.5. The van der Waals surface area contributed by atoms with Gasteiger partial charge in [-0.25, -0.2) is 4.98 Å². The number of methoxy groups -OCH3 is 3. The molecule has 3 aromatic rings. The molecule has 0 bridgehead atoms. The van der Waals surface area contributed by atoms with Crippen LogP contribution in [0.5, 0.6) is 0 Å². The van der Waals surface area contributed by atoms with Gasteiger partial charge >= 0.3 is 0 Å². The van der Waals surface area contributed by atoms with Crippen LogP contribution in [-0.2, 0) is 14.2 Å². The van der Waals surface area contributed by atoms with Gasteiger partial charge in [-0.15, -0.1) is 11.8 Å². The lowest BCUT2D eigenvalue weighted by Crippen LogP contribution is -2.33. The van der Waals surface area contributed by atoms with Gasteiger partial charge in [-0.3, -0.25) is 9.36 Å². The minimum atomic E-state index is -0.365. The van der Waals surface area contributed by atoms with Crippen LogP contribution in [0.2, 0.25) is 0 Å². The second kappa shape index (κ2) is 10.2. The highest BCUT2D eigenvalue weighted by atomic mass is 32.2. The molecular formula is C26H26N2O4S. The van der Waals surface area contributed by atoms with Crippen LogP contribution in [0.15, 0.2) is 87.8 Å². The average Bonchev–Trinajstić information content (AvgIpc) is 2.87. The van der Waals surface area contributed by atoms with E-state index in [2.05, 4.69) is 0 Å². The average molecular weight is 463 g/mol. The van der Waals surface area contributed by atoms with Gasteiger partial charge in [0, 0.05) is 24.7 Å². The summed E-state index contributed by atoms with van der Waals surface area (Å²) in [6.07, 6.45) is 8.98. The normalized spacial score (nSPS) is 18.4. The minimum absolute atomic E-state index is 0.119. The fraction of sp³-hybridized carbons (Fsp3) is 0.231. The fourth-order valence-electron chi connectivity index (χ4n) is 3.92. The first-order chi connectivity index (χ1) is 16.1. The van der Waals surface area contributed by atoms with Gasteiger partial charge in [-0.2, -0.15) is 0 Å². The van der Waals surface area contributed by atoms with E-state index in [1.54, 1.807) is 43.7 Å². The molecule has 2 atom stereocenters. The van der Waals surface area contributed by atoms with Gasteiger partial charge in [-0.1, -0.05) is 24.3 Å². The topological polar surface area (TPSA) is 62.6 Å². The summed E-state index contributed by atoms with van der Waals surface area (Å²) in [7, 11) is 4.87. The summed E-state index contributed by atoms with van der Waals surface area (Å²) in [6.45, 7) is 0. The number of ether oxygens (including phenoxy) is 3. The van der Waals surface area contributed by atoms with Gasteiger partial charge in [0.25, 0.3) is 5.56 Å². The highest BCUT2D eigenvalue weighted by molar-refractivity contribution is 7.98. The molecule has 1 aromatic heterocycles. The SMILES string of the molecule is COC1=C(/C=C/c2nc3ccccc3c(=O)n2-c2ccc(SC)cc2)C=CC(OC)C1OC. The van der Waals surface area contributed by atoms with Crippen LogP contribution in [0.4, 0.5) is 0 Å². The molecule has 2 unspecified atom stereocenters. The maximum Gasteiger partial charge on any atom is 0.266 e. The third-order valence-corrected chi connectivity index (χ3v) is 6.34. The van der Waals surface area contributed by atoms with Crippen molar-refractivity contribution in [2.24, 2.45) is 0 Å². The number of rotatable bonds is 7. The number of para-hydroxylation sites is 1. The van der Waals surface area contributed by atoms with E-state index in [-0.39, 0.29) is 17.8 Å². The van der Waals surface area contributed by atoms with Crippen LogP contribution >= 0.6 is 11.8 Å². The predicted octanol–water partition coefficient (Wildman–Crippen LogP) is 4.62. The quantitative estimate of drug-likeness (QED) is 0.478. The van der Waals surface area contributed by atoms with Crippen molar-refractivity contribution >= 4 is 28.7 Å². The molecule has 0 amide bonds. The van der Waals surface area contributed by atoms with Crippen LogP contribution in [0.3, 0.4) is 0 Å². The third-order valence-electron chi connectivity index (χ3n) is 5.60. The zero-order chi connectivity index (χ0) is 23.4. The van der Waals surface area contributed by atoms with E-state index in [1.165, 1.54) is 0 Å². The number of aromatic nitrogens is 2. The summed E-state index contributed by atoms with van der Waals surface area (Å²) in [6, 6.07) is 15.2. The Labute approximate surface area is 197 Å². The molecule has 0 fully saturated rings. The Morgan fingerprint density at radius 2 is 1.76 bits per heavy atom. The number of allylic oxidation sites excluding steroid dienone is 3. The van der Waals surface area contributed by atoms with E-state index in [0.717, 1.165) is 16.2 Å². The summed E-state index contributed by atoms with van der Waals surface area (Å²) in [5.74, 6) is 1.18. The van der Waals surface area contributed by atoms with E-state index in [9.17, 15) is 4.79 Å². The van der Waals surface area contributed by atoms with Crippen molar-refractivity contribution < 1.29 is 14.2 Å². The monoisotopic (exact) mass is 462 g/mol. The molecular weight excluding hydrogens is 436 g/mol. The second-order valence-corrected chi connectivity index (χ2v) is 8.28. The van der Waals surface area contributed by atoms with Gasteiger partial charge in [-0.05, 0) is 54.8 Å². The van der Waals surface area contributed by atoms with Crippen LogP contribution in [-0.4, -0.2) is 49.3 Å². The van der Waals surface area contributed by atoms with Crippen LogP contribution in [0, 0.1) is 0 Å². The van der Waals surface area contributed by atoms with Crippen molar-refractivity contribution in [1.29, 1.82) is 0 Å². The summed E-state index contributed by atoms with van der Waals surface area (Å²) < 4.78 is 18.4. The smallest absolute Gasteiger partial charge is 0.266 e. The molecule has 0 radical (unpaired) electrons. The molecule has 4 rings (SSSR count). The van der Waals surface area contributed by atoms with Crippen LogP contribution < -0.4 is 5.56 Å². The maximum atomic E-state index is 13.5. The first kappa shape index (κ1) is 23.0. The molecule has 0 saturated heterocycles. The summed E-state index contributed by atoms with van der Waals surface area (Å²) in [5, 5.41) is 0.570. The van der Waals surface area contributed by atoms with Crippen molar-refractivity contribution in [2.45, 2.75) is 17.1 Å². The van der Waals surface area contributed by atoms with Gasteiger partial charge < -0.3 is 14.2 Å².